The highest BCUT2D eigenvalue weighted by atomic mass is 35.5. The first-order valence-electron chi connectivity index (χ1n) is 12.6. The Morgan fingerprint density at radius 1 is 0.641 bits per heavy atom. The Morgan fingerprint density at radius 2 is 1.26 bits per heavy atom. The Hall–Kier alpha value is -4.98. The summed E-state index contributed by atoms with van der Waals surface area (Å²) in [4.78, 5) is 10.2. The van der Waals surface area contributed by atoms with Gasteiger partial charge in [0.15, 0.2) is 5.84 Å². The Bertz CT molecular complexity index is 1770. The van der Waals surface area contributed by atoms with E-state index in [0.717, 1.165) is 44.8 Å². The summed E-state index contributed by atoms with van der Waals surface area (Å²) in [7, 11) is 0. The lowest BCUT2D eigenvalue weighted by molar-refractivity contribution is 0.674. The average molecular weight is 523 g/mol. The van der Waals surface area contributed by atoms with E-state index in [4.69, 9.17) is 21.6 Å². The van der Waals surface area contributed by atoms with Crippen molar-refractivity contribution in [3.8, 4) is 28.3 Å². The second-order valence-electron chi connectivity index (χ2n) is 9.16. The molecule has 0 bridgehead atoms. The van der Waals surface area contributed by atoms with Crippen LogP contribution in [0.5, 0.6) is 0 Å². The lowest BCUT2D eigenvalue weighted by Crippen LogP contribution is -2.34. The number of hydrogen-bond donors (Lipinski definition) is 1. The van der Waals surface area contributed by atoms with Gasteiger partial charge in [0.1, 0.15) is 12.0 Å². The van der Waals surface area contributed by atoms with Crippen molar-refractivity contribution in [2.45, 2.75) is 6.17 Å². The summed E-state index contributed by atoms with van der Waals surface area (Å²) in [5.41, 5.74) is 7.44. The largest absolute Gasteiger partial charge is 0.344 e. The van der Waals surface area contributed by atoms with Gasteiger partial charge >= 0.3 is 0 Å². The van der Waals surface area contributed by atoms with Gasteiger partial charge in [-0.15, -0.1) is 0 Å². The van der Waals surface area contributed by atoms with Gasteiger partial charge in [0.25, 0.3) is 0 Å². The highest BCUT2D eigenvalue weighted by Gasteiger charge is 2.24. The second kappa shape index (κ2) is 10.8. The molecule has 0 aromatic heterocycles. The molecule has 1 aliphatic heterocycles. The van der Waals surface area contributed by atoms with Crippen LogP contribution >= 0.6 is 11.6 Å². The highest BCUT2D eigenvalue weighted by molar-refractivity contribution is 6.31. The number of nitrogens with zero attached hydrogens (tertiary/aromatic N) is 3. The molecule has 39 heavy (non-hydrogen) atoms. The van der Waals surface area contributed by atoms with E-state index in [1.165, 1.54) is 0 Å². The first-order chi connectivity index (χ1) is 19.2. The van der Waals surface area contributed by atoms with Gasteiger partial charge in [-0.25, -0.2) is 9.98 Å². The van der Waals surface area contributed by atoms with Crippen molar-refractivity contribution in [2.75, 3.05) is 0 Å². The Kier molecular flexibility index (Phi) is 6.74. The number of rotatable bonds is 5. The van der Waals surface area contributed by atoms with E-state index in [1.807, 2.05) is 97.1 Å². The van der Waals surface area contributed by atoms with Crippen molar-refractivity contribution in [1.29, 1.82) is 5.26 Å². The fourth-order valence-corrected chi connectivity index (χ4v) is 4.99. The fraction of sp³-hybridized carbons (Fsp3) is 0.0294. The molecule has 1 N–H and O–H groups in total. The third kappa shape index (κ3) is 5.09. The predicted molar refractivity (Wildman–Crippen MR) is 159 cm³/mol. The van der Waals surface area contributed by atoms with Gasteiger partial charge in [-0.2, -0.15) is 5.26 Å². The Balaban J connectivity index is 1.53. The van der Waals surface area contributed by atoms with E-state index in [0.29, 0.717) is 16.4 Å². The maximum atomic E-state index is 9.47. The molecule has 5 aromatic rings. The highest BCUT2D eigenvalue weighted by Crippen LogP contribution is 2.31. The van der Waals surface area contributed by atoms with Crippen LogP contribution in [-0.4, -0.2) is 11.7 Å². The first kappa shape index (κ1) is 24.4. The van der Waals surface area contributed by atoms with Crippen LogP contribution in [0.1, 0.15) is 28.4 Å². The molecule has 0 fully saturated rings. The Morgan fingerprint density at radius 3 is 1.97 bits per heavy atom. The molecule has 186 valence electrons. The molecule has 6 rings (SSSR count). The molecule has 4 nitrogen and oxygen atoms in total. The standard InChI is InChI=1S/C34H23ClN4/c35-27-15-9-14-26(21-27)29-17-5-7-19-31(29)34-38-32(24-11-2-1-3-12-24)37-33(39-34)30-18-6-4-16-28(30)25-13-8-10-23(20-25)22-36/h1-21,32H,(H,37,38,39). The second-order valence-corrected chi connectivity index (χ2v) is 9.60. The molecule has 1 unspecified atom stereocenters. The number of aliphatic imine (C=N–C) groups is 2. The van der Waals surface area contributed by atoms with E-state index in [2.05, 4.69) is 41.7 Å². The summed E-state index contributed by atoms with van der Waals surface area (Å²) in [6.45, 7) is 0. The first-order valence-corrected chi connectivity index (χ1v) is 13.0. The quantitative estimate of drug-likeness (QED) is 0.254. The van der Waals surface area contributed by atoms with E-state index in [1.54, 1.807) is 0 Å². The van der Waals surface area contributed by atoms with Crippen LogP contribution in [0.15, 0.2) is 137 Å². The SMILES string of the molecule is N#Cc1cccc(-c2ccccc2C2=NC(c3ccccc3)NC(c3ccccc3-c3cccc(Cl)c3)=N2)c1. The lowest BCUT2D eigenvalue weighted by atomic mass is 9.96. The van der Waals surface area contributed by atoms with Crippen molar-refractivity contribution in [3.63, 3.8) is 0 Å². The summed E-state index contributed by atoms with van der Waals surface area (Å²) in [5, 5.41) is 13.7. The molecule has 1 atom stereocenters. The van der Waals surface area contributed by atoms with Gasteiger partial charge < -0.3 is 5.32 Å². The number of nitrogens with one attached hydrogen (secondary N) is 1. The van der Waals surface area contributed by atoms with E-state index >= 15 is 0 Å². The summed E-state index contributed by atoms with van der Waals surface area (Å²) >= 11 is 6.35. The minimum Gasteiger partial charge on any atom is -0.344 e. The molecule has 5 heteroatoms. The van der Waals surface area contributed by atoms with Gasteiger partial charge in [-0.05, 0) is 52.1 Å². The minimum absolute atomic E-state index is 0.334. The number of halogens is 1. The van der Waals surface area contributed by atoms with E-state index in [9.17, 15) is 5.26 Å². The van der Waals surface area contributed by atoms with Crippen LogP contribution in [0.3, 0.4) is 0 Å². The number of amidine groups is 2. The number of benzene rings is 5. The maximum Gasteiger partial charge on any atom is 0.160 e. The van der Waals surface area contributed by atoms with Crippen LogP contribution in [0.2, 0.25) is 5.02 Å². The normalized spacial score (nSPS) is 14.5. The lowest BCUT2D eigenvalue weighted by Gasteiger charge is -2.25. The maximum absolute atomic E-state index is 9.47. The molecule has 0 spiro atoms. The molecule has 5 aromatic carbocycles. The molecule has 1 aliphatic rings. The zero-order valence-corrected chi connectivity index (χ0v) is 21.7. The third-order valence-electron chi connectivity index (χ3n) is 6.65. The molecular weight excluding hydrogens is 500 g/mol. The molecule has 1 heterocycles. The van der Waals surface area contributed by atoms with Gasteiger partial charge in [0.05, 0.1) is 11.6 Å². The zero-order chi connectivity index (χ0) is 26.6. The Labute approximate surface area is 232 Å². The van der Waals surface area contributed by atoms with Crippen molar-refractivity contribution in [2.24, 2.45) is 9.98 Å². The topological polar surface area (TPSA) is 60.5 Å². The minimum atomic E-state index is -0.334. The van der Waals surface area contributed by atoms with Gasteiger partial charge in [0.2, 0.25) is 0 Å². The average Bonchev–Trinajstić information content (AvgIpc) is 3.01. The van der Waals surface area contributed by atoms with Gasteiger partial charge in [-0.3, -0.25) is 0 Å². The van der Waals surface area contributed by atoms with Crippen LogP contribution in [-0.2, 0) is 0 Å². The van der Waals surface area contributed by atoms with Crippen molar-refractivity contribution in [3.05, 3.63) is 155 Å². The summed E-state index contributed by atoms with van der Waals surface area (Å²) in [6, 6.07) is 44.1. The monoisotopic (exact) mass is 522 g/mol. The molecule has 0 radical (unpaired) electrons. The smallest absolute Gasteiger partial charge is 0.160 e. The molecule has 0 saturated heterocycles. The predicted octanol–water partition coefficient (Wildman–Crippen LogP) is 8.04. The van der Waals surface area contributed by atoms with E-state index < -0.39 is 0 Å². The van der Waals surface area contributed by atoms with Crippen LogP contribution < -0.4 is 5.32 Å². The van der Waals surface area contributed by atoms with Crippen molar-refractivity contribution >= 4 is 23.3 Å². The molecule has 0 saturated carbocycles. The fourth-order valence-electron chi connectivity index (χ4n) is 4.80. The summed E-state index contributed by atoms with van der Waals surface area (Å²) < 4.78 is 0. The number of nitriles is 1. The van der Waals surface area contributed by atoms with Crippen LogP contribution in [0.25, 0.3) is 22.3 Å². The van der Waals surface area contributed by atoms with Gasteiger partial charge in [0, 0.05) is 16.1 Å². The van der Waals surface area contributed by atoms with Crippen LogP contribution in [0, 0.1) is 11.3 Å². The molecular formula is C34H23ClN4. The zero-order valence-electron chi connectivity index (χ0n) is 20.9. The van der Waals surface area contributed by atoms with Crippen molar-refractivity contribution < 1.29 is 0 Å². The number of hydrogen-bond acceptors (Lipinski definition) is 4. The molecule has 0 aliphatic carbocycles. The van der Waals surface area contributed by atoms with Crippen LogP contribution in [0.4, 0.5) is 0 Å². The molecule has 0 amide bonds. The van der Waals surface area contributed by atoms with E-state index in [-0.39, 0.29) is 6.17 Å². The summed E-state index contributed by atoms with van der Waals surface area (Å²) in [6.07, 6.45) is -0.334. The third-order valence-corrected chi connectivity index (χ3v) is 6.88. The van der Waals surface area contributed by atoms with Crippen molar-refractivity contribution in [1.82, 2.24) is 5.32 Å². The summed E-state index contributed by atoms with van der Waals surface area (Å²) in [5.74, 6) is 1.35. The van der Waals surface area contributed by atoms with Gasteiger partial charge in [-0.1, -0.05) is 115 Å².